The third-order valence-corrected chi connectivity index (χ3v) is 5.55. The highest BCUT2D eigenvalue weighted by Gasteiger charge is 2.02. The maximum Gasteiger partial charge on any atom is 0.319 e. The summed E-state index contributed by atoms with van der Waals surface area (Å²) in [5.41, 5.74) is 0.759. The van der Waals surface area contributed by atoms with Crippen LogP contribution >= 0.6 is 0 Å². The van der Waals surface area contributed by atoms with E-state index in [0.717, 1.165) is 37.5 Å². The van der Waals surface area contributed by atoms with Crippen molar-refractivity contribution in [2.75, 3.05) is 31.7 Å². The normalized spacial score (nSPS) is 10.8. The van der Waals surface area contributed by atoms with E-state index >= 15 is 0 Å². The molecule has 184 valence electrons. The minimum Gasteiger partial charge on any atom is -0.494 e. The first kappa shape index (κ1) is 28.3. The summed E-state index contributed by atoms with van der Waals surface area (Å²) in [7, 11) is 0. The van der Waals surface area contributed by atoms with Gasteiger partial charge in [-0.15, -0.1) is 0 Å². The average molecular weight is 449 g/mol. The number of carbonyl (C=O) groups excluding carboxylic acids is 1. The van der Waals surface area contributed by atoms with Gasteiger partial charge in [0.1, 0.15) is 5.75 Å². The number of unbranched alkanes of at least 4 members (excludes halogenated alkanes) is 12. The van der Waals surface area contributed by atoms with Crippen molar-refractivity contribution in [1.29, 1.82) is 0 Å². The number of carbonyl (C=O) groups is 1. The van der Waals surface area contributed by atoms with E-state index in [1.165, 1.54) is 77.0 Å². The molecule has 0 spiro atoms. The van der Waals surface area contributed by atoms with Gasteiger partial charge in [-0.05, 0) is 37.1 Å². The molecule has 2 N–H and O–H groups in total. The molecule has 1 aromatic rings. The largest absolute Gasteiger partial charge is 0.494 e. The quantitative estimate of drug-likeness (QED) is 0.189. The maximum absolute atomic E-state index is 12.0. The van der Waals surface area contributed by atoms with Crippen LogP contribution in [-0.4, -0.2) is 32.4 Å². The summed E-state index contributed by atoms with van der Waals surface area (Å²) in [6.07, 6.45) is 17.9. The zero-order valence-electron chi connectivity index (χ0n) is 20.8. The molecule has 0 unspecified atom stereocenters. The third-order valence-electron chi connectivity index (χ3n) is 5.55. The second kappa shape index (κ2) is 21.1. The predicted octanol–water partition coefficient (Wildman–Crippen LogP) is 7.70. The van der Waals surface area contributed by atoms with E-state index in [2.05, 4.69) is 24.5 Å². The van der Waals surface area contributed by atoms with Crippen molar-refractivity contribution in [3.8, 4) is 5.75 Å². The van der Waals surface area contributed by atoms with Crippen molar-refractivity contribution in [1.82, 2.24) is 5.32 Å². The fourth-order valence-corrected chi connectivity index (χ4v) is 3.56. The Labute approximate surface area is 197 Å². The minimum atomic E-state index is -0.208. The fraction of sp³-hybridized carbons (Fsp3) is 0.741. The molecule has 5 nitrogen and oxygen atoms in total. The fourth-order valence-electron chi connectivity index (χ4n) is 3.56. The van der Waals surface area contributed by atoms with E-state index in [0.29, 0.717) is 13.2 Å². The molecule has 0 aliphatic carbocycles. The van der Waals surface area contributed by atoms with E-state index < -0.39 is 0 Å². The lowest BCUT2D eigenvalue weighted by Gasteiger charge is -2.10. The maximum atomic E-state index is 12.0. The topological polar surface area (TPSA) is 59.6 Å². The third kappa shape index (κ3) is 16.9. The van der Waals surface area contributed by atoms with E-state index in [9.17, 15) is 4.79 Å². The van der Waals surface area contributed by atoms with Crippen LogP contribution in [0.5, 0.6) is 5.75 Å². The van der Waals surface area contributed by atoms with Crippen molar-refractivity contribution in [3.63, 3.8) is 0 Å². The van der Waals surface area contributed by atoms with E-state index in [1.54, 1.807) is 0 Å². The van der Waals surface area contributed by atoms with Crippen LogP contribution in [0.1, 0.15) is 104 Å². The van der Waals surface area contributed by atoms with Crippen LogP contribution in [0.15, 0.2) is 24.3 Å². The van der Waals surface area contributed by atoms with E-state index in [-0.39, 0.29) is 6.03 Å². The van der Waals surface area contributed by atoms with Crippen LogP contribution in [0.25, 0.3) is 0 Å². The van der Waals surface area contributed by atoms with Crippen molar-refractivity contribution >= 4 is 11.7 Å². The van der Waals surface area contributed by atoms with Crippen molar-refractivity contribution in [3.05, 3.63) is 24.3 Å². The zero-order valence-corrected chi connectivity index (χ0v) is 20.8. The molecule has 0 atom stereocenters. The van der Waals surface area contributed by atoms with Gasteiger partial charge in [0.05, 0.1) is 13.2 Å². The highest BCUT2D eigenvalue weighted by Crippen LogP contribution is 2.16. The van der Waals surface area contributed by atoms with Crippen LogP contribution in [0, 0.1) is 0 Å². The van der Waals surface area contributed by atoms with Gasteiger partial charge in [0.2, 0.25) is 0 Å². The molecule has 0 radical (unpaired) electrons. The van der Waals surface area contributed by atoms with Gasteiger partial charge in [-0.25, -0.2) is 4.79 Å². The standard InChI is InChI=1S/C27H48N2O3/c1-3-5-7-9-11-12-14-16-23-32-26-19-17-25(18-20-26)29-27(30)28-21-24-31-22-15-13-10-8-6-4-2/h17-20H,3-16,21-24H2,1-2H3,(H2,28,29,30). The Morgan fingerprint density at radius 3 is 1.81 bits per heavy atom. The summed E-state index contributed by atoms with van der Waals surface area (Å²) >= 11 is 0. The lowest BCUT2D eigenvalue weighted by atomic mass is 10.1. The minimum absolute atomic E-state index is 0.208. The molecule has 0 aliphatic heterocycles. The number of rotatable bonds is 21. The van der Waals surface area contributed by atoms with Crippen LogP contribution in [0.4, 0.5) is 10.5 Å². The number of benzene rings is 1. The Balaban J connectivity index is 1.99. The molecule has 0 fully saturated rings. The summed E-state index contributed by atoms with van der Waals surface area (Å²) in [6, 6.07) is 7.35. The van der Waals surface area contributed by atoms with Crippen molar-refractivity contribution in [2.24, 2.45) is 0 Å². The second-order valence-electron chi connectivity index (χ2n) is 8.61. The second-order valence-corrected chi connectivity index (χ2v) is 8.61. The van der Waals surface area contributed by atoms with Crippen LogP contribution in [0.3, 0.4) is 0 Å². The van der Waals surface area contributed by atoms with Crippen LogP contribution in [0.2, 0.25) is 0 Å². The molecule has 1 aromatic carbocycles. The van der Waals surface area contributed by atoms with Gasteiger partial charge in [0.25, 0.3) is 0 Å². The highest BCUT2D eigenvalue weighted by atomic mass is 16.5. The number of urea groups is 1. The monoisotopic (exact) mass is 448 g/mol. The first-order valence-electron chi connectivity index (χ1n) is 13.1. The Hall–Kier alpha value is -1.75. The number of anilines is 1. The van der Waals surface area contributed by atoms with Crippen LogP contribution in [-0.2, 0) is 4.74 Å². The Morgan fingerprint density at radius 1 is 0.688 bits per heavy atom. The molecule has 5 heteroatoms. The summed E-state index contributed by atoms with van der Waals surface area (Å²) in [5, 5.41) is 5.67. The summed E-state index contributed by atoms with van der Waals surface area (Å²) in [6.45, 7) is 7.07. The first-order valence-corrected chi connectivity index (χ1v) is 13.1. The summed E-state index contributed by atoms with van der Waals surface area (Å²) < 4.78 is 11.4. The van der Waals surface area contributed by atoms with E-state index in [4.69, 9.17) is 9.47 Å². The van der Waals surface area contributed by atoms with Crippen molar-refractivity contribution < 1.29 is 14.3 Å². The number of hydrogen-bond donors (Lipinski definition) is 2. The van der Waals surface area contributed by atoms with Gasteiger partial charge in [-0.2, -0.15) is 0 Å². The zero-order chi connectivity index (χ0) is 23.1. The van der Waals surface area contributed by atoms with Crippen molar-refractivity contribution in [2.45, 2.75) is 104 Å². The smallest absolute Gasteiger partial charge is 0.319 e. The van der Waals surface area contributed by atoms with Gasteiger partial charge in [0.15, 0.2) is 0 Å². The lowest BCUT2D eigenvalue weighted by molar-refractivity contribution is 0.132. The molecular formula is C27H48N2O3. The Kier molecular flexibility index (Phi) is 18.7. The Bertz CT molecular complexity index is 548. The molecule has 2 amide bonds. The van der Waals surface area contributed by atoms with Gasteiger partial charge < -0.3 is 20.1 Å². The first-order chi connectivity index (χ1) is 15.8. The molecule has 0 heterocycles. The van der Waals surface area contributed by atoms with E-state index in [1.807, 2.05) is 24.3 Å². The lowest BCUT2D eigenvalue weighted by Crippen LogP contribution is -2.31. The van der Waals surface area contributed by atoms with Crippen LogP contribution < -0.4 is 15.4 Å². The summed E-state index contributed by atoms with van der Waals surface area (Å²) in [5.74, 6) is 0.849. The van der Waals surface area contributed by atoms with Gasteiger partial charge >= 0.3 is 6.03 Å². The number of hydrogen-bond acceptors (Lipinski definition) is 3. The van der Waals surface area contributed by atoms with Gasteiger partial charge in [-0.1, -0.05) is 90.9 Å². The Morgan fingerprint density at radius 2 is 1.22 bits per heavy atom. The predicted molar refractivity (Wildman–Crippen MR) is 136 cm³/mol. The van der Waals surface area contributed by atoms with Gasteiger partial charge in [0, 0.05) is 18.8 Å². The molecule has 0 saturated carbocycles. The number of ether oxygens (including phenoxy) is 2. The molecule has 0 bridgehead atoms. The molecule has 1 rings (SSSR count). The molecule has 0 saturated heterocycles. The number of amides is 2. The summed E-state index contributed by atoms with van der Waals surface area (Å²) in [4.78, 5) is 12.0. The molecule has 32 heavy (non-hydrogen) atoms. The van der Waals surface area contributed by atoms with Gasteiger partial charge in [-0.3, -0.25) is 0 Å². The SMILES string of the molecule is CCCCCCCCCCOc1ccc(NC(=O)NCCOCCCCCCCC)cc1. The highest BCUT2D eigenvalue weighted by molar-refractivity contribution is 5.89. The number of nitrogens with one attached hydrogen (secondary N) is 2. The molecule has 0 aromatic heterocycles. The average Bonchev–Trinajstić information content (AvgIpc) is 2.80. The molecule has 0 aliphatic rings. The molecular weight excluding hydrogens is 400 g/mol.